The van der Waals surface area contributed by atoms with Crippen molar-refractivity contribution in [3.05, 3.63) is 0 Å². The summed E-state index contributed by atoms with van der Waals surface area (Å²) in [4.78, 5) is 55.6. The summed E-state index contributed by atoms with van der Waals surface area (Å²) in [7, 11) is 0. The van der Waals surface area contributed by atoms with Gasteiger partial charge < -0.3 is 0 Å². The van der Waals surface area contributed by atoms with Crippen molar-refractivity contribution in [2.75, 3.05) is 0 Å². The van der Waals surface area contributed by atoms with Crippen molar-refractivity contribution in [3.63, 3.8) is 0 Å². The van der Waals surface area contributed by atoms with Gasteiger partial charge in [-0.3, -0.25) is 0 Å². The second-order valence-electron chi connectivity index (χ2n) is 14.5. The third-order valence-corrected chi connectivity index (χ3v) is 61.0. The van der Waals surface area contributed by atoms with E-state index in [4.69, 9.17) is 10.2 Å². The van der Waals surface area contributed by atoms with Crippen molar-refractivity contribution in [1.82, 2.24) is 0 Å². The van der Waals surface area contributed by atoms with Gasteiger partial charge in [-0.2, -0.15) is 0 Å². The van der Waals surface area contributed by atoms with Gasteiger partial charge in [0.25, 0.3) is 0 Å². The van der Waals surface area contributed by atoms with E-state index in [-0.39, 0.29) is 21.5 Å². The number of carboxylic acids is 2. The molecule has 1 spiro atoms. The van der Waals surface area contributed by atoms with Crippen LogP contribution in [0.5, 0.6) is 0 Å². The number of Topliss-reactive ketones (excluding diaryl/α,β-unsaturated/α-hetero) is 2. The quantitative estimate of drug-likeness (QED) is 0.263. The first-order valence-electron chi connectivity index (χ1n) is 12.3. The molecular formula is C24H30FeO6. The number of unbranched alkanes of at least 4 members (excludes halogenated alkanes) is 4. The van der Waals surface area contributed by atoms with Crippen LogP contribution >= 0.6 is 0 Å². The molecule has 0 bridgehead atoms. The summed E-state index contributed by atoms with van der Waals surface area (Å²) < 4.78 is 0.139. The predicted octanol–water partition coefficient (Wildman–Crippen LogP) is 5.32. The van der Waals surface area contributed by atoms with Gasteiger partial charge in [0, 0.05) is 0 Å². The molecule has 0 aromatic heterocycles. The summed E-state index contributed by atoms with van der Waals surface area (Å²) in [5.41, 5.74) is 0. The SMILES string of the molecule is O=C(O)CCCCCC(=O)[C]12[CH]3[CH]4[CH]5[CH]1[Fe]45321678[CH]2[CH]1[CH]6[C]7(C(=O)CCCCCC(=O)O)[CH]28. The molecule has 2 N–H and O–H groups in total. The summed E-state index contributed by atoms with van der Waals surface area (Å²) in [5, 5.41) is 17.6. The van der Waals surface area contributed by atoms with Gasteiger partial charge in [-0.25, -0.2) is 0 Å². The maximum atomic E-state index is 13.8. The van der Waals surface area contributed by atoms with Crippen LogP contribution in [0.4, 0.5) is 0 Å². The van der Waals surface area contributed by atoms with Gasteiger partial charge in [-0.15, -0.1) is 0 Å². The summed E-state index contributed by atoms with van der Waals surface area (Å²) in [6, 6.07) is 0. The average Bonchev–Trinajstić information content (AvgIpc) is 3.66. The fourth-order valence-electron chi connectivity index (χ4n) is 19.9. The van der Waals surface area contributed by atoms with Gasteiger partial charge in [0.15, 0.2) is 0 Å². The molecule has 6 nitrogen and oxygen atoms in total. The van der Waals surface area contributed by atoms with Crippen LogP contribution < -0.4 is 0 Å². The minimum atomic E-state index is -4.06. The molecule has 170 valence electrons. The van der Waals surface area contributed by atoms with E-state index in [1.807, 2.05) is 0 Å². The fraction of sp³-hybridized carbons (Fsp3) is 0.833. The molecule has 10 saturated heterocycles. The summed E-state index contributed by atoms with van der Waals surface area (Å²) in [5.74, 6) is -0.427. The van der Waals surface area contributed by atoms with Crippen LogP contribution in [-0.2, 0) is 25.7 Å². The van der Waals surface area contributed by atoms with Gasteiger partial charge in [-0.1, -0.05) is 0 Å². The Morgan fingerprint density at radius 3 is 1.16 bits per heavy atom. The number of hydrogen-bond donors (Lipinski definition) is 2. The standard InChI is InChI=1S/2C12H15O3.Fe/c2*13-11(10-6-4-5-7-10)8-2-1-3-9-12(14)15;/h2*4-7H,1-3,8-9H2,(H,14,15);. The number of carbonyl (C=O) groups is 4. The number of aliphatic carboxylic acids is 2. The van der Waals surface area contributed by atoms with E-state index in [0.717, 1.165) is 64.2 Å². The topological polar surface area (TPSA) is 109 Å². The minimum absolute atomic E-state index is 0.0696. The third-order valence-electron chi connectivity index (χ3n) is 18.3. The van der Waals surface area contributed by atoms with Gasteiger partial charge in [0.1, 0.15) is 0 Å². The number of rotatable bonds is 14. The Labute approximate surface area is 170 Å². The van der Waals surface area contributed by atoms with E-state index in [2.05, 4.69) is 0 Å². The molecule has 10 aliphatic rings. The first kappa shape index (κ1) is 16.4. The van der Waals surface area contributed by atoms with E-state index in [0.29, 0.717) is 37.2 Å². The molecule has 10 fully saturated rings. The predicted molar refractivity (Wildman–Crippen MR) is 107 cm³/mol. The Kier molecular flexibility index (Phi) is 1.14. The van der Waals surface area contributed by atoms with Gasteiger partial charge >= 0.3 is 171 Å². The summed E-state index contributed by atoms with van der Waals surface area (Å²) in [6.45, 7) is -4.06. The summed E-state index contributed by atoms with van der Waals surface area (Å²) in [6.07, 6.45) is 6.26. The average molecular weight is 470 g/mol. The van der Waals surface area contributed by atoms with Crippen molar-refractivity contribution in [3.8, 4) is 0 Å². The molecule has 0 aromatic carbocycles. The molecule has 8 unspecified atom stereocenters. The van der Waals surface area contributed by atoms with E-state index in [1.54, 1.807) is 0 Å². The van der Waals surface area contributed by atoms with Crippen LogP contribution in [0.2, 0.25) is 47.2 Å². The molecule has 0 saturated carbocycles. The fourth-order valence-corrected chi connectivity index (χ4v) is 96.0. The number of hydrogen-bond acceptors (Lipinski definition) is 4. The number of ketones is 2. The van der Waals surface area contributed by atoms with Crippen LogP contribution in [0.1, 0.15) is 64.2 Å². The first-order valence-corrected chi connectivity index (χ1v) is 18.5. The molecule has 0 amide bonds. The normalized spacial score (nSPS) is 72.6. The maximum absolute atomic E-state index is 13.8. The monoisotopic (exact) mass is 470 g/mol. The Bertz CT molecular complexity index is 1340. The van der Waals surface area contributed by atoms with Crippen molar-refractivity contribution in [2.24, 2.45) is 0 Å². The van der Waals surface area contributed by atoms with E-state index in [1.165, 1.54) is 0 Å². The van der Waals surface area contributed by atoms with Crippen molar-refractivity contribution in [2.45, 2.75) is 111 Å². The zero-order valence-electron chi connectivity index (χ0n) is 17.6. The van der Waals surface area contributed by atoms with Gasteiger partial charge in [-0.05, 0) is 0 Å². The van der Waals surface area contributed by atoms with Crippen molar-refractivity contribution in [1.29, 1.82) is 0 Å². The van der Waals surface area contributed by atoms with Crippen LogP contribution in [0.15, 0.2) is 0 Å². The van der Waals surface area contributed by atoms with Crippen LogP contribution in [-0.4, -0.2) is 33.7 Å². The Morgan fingerprint density at radius 1 is 0.548 bits per heavy atom. The summed E-state index contributed by atoms with van der Waals surface area (Å²) >= 11 is 0. The molecule has 7 heteroatoms. The molecule has 0 aliphatic carbocycles. The second kappa shape index (κ2) is 2.15. The molecule has 8 atom stereocenters. The van der Waals surface area contributed by atoms with Crippen LogP contribution in [0.25, 0.3) is 0 Å². The molecule has 31 heavy (non-hydrogen) atoms. The molecule has 0 aromatic rings. The third kappa shape index (κ3) is 0.324. The zero-order chi connectivity index (χ0) is 21.3. The van der Waals surface area contributed by atoms with E-state index < -0.39 is 18.4 Å². The van der Waals surface area contributed by atoms with E-state index >= 15 is 0 Å². The second-order valence-corrected chi connectivity index (χ2v) is 37.7. The molecule has 10 heterocycles. The Morgan fingerprint density at radius 2 is 0.871 bits per heavy atom. The van der Waals surface area contributed by atoms with Crippen LogP contribution in [0.3, 0.4) is 0 Å². The first-order chi connectivity index (χ1) is 14.6. The van der Waals surface area contributed by atoms with Gasteiger partial charge in [0.2, 0.25) is 0 Å². The Balaban J connectivity index is 0.938. The molecular weight excluding hydrogens is 440 g/mol. The van der Waals surface area contributed by atoms with E-state index in [9.17, 15) is 19.2 Å². The van der Waals surface area contributed by atoms with Crippen molar-refractivity contribution < 1.29 is 35.9 Å². The number of carboxylic acid groups (broad SMARTS) is 2. The van der Waals surface area contributed by atoms with Crippen molar-refractivity contribution >= 4 is 23.5 Å². The van der Waals surface area contributed by atoms with Gasteiger partial charge in [0.05, 0.1) is 0 Å². The number of carbonyl (C=O) groups excluding carboxylic acids is 2. The zero-order valence-corrected chi connectivity index (χ0v) is 18.7. The number of fused-ring (bicyclic) bond motifs is 10. The molecule has 0 radical (unpaired) electrons. The Hall–Kier alpha value is -1.20. The molecule has 10 rings (SSSR count). The molecule has 10 aliphatic heterocycles. The van der Waals surface area contributed by atoms with Crippen LogP contribution in [0, 0.1) is 0 Å².